The molecule has 1 amide bonds. The van der Waals surface area contributed by atoms with E-state index in [-0.39, 0.29) is 15.6 Å². The summed E-state index contributed by atoms with van der Waals surface area (Å²) < 4.78 is 46.1. The summed E-state index contributed by atoms with van der Waals surface area (Å²) in [5.41, 5.74) is -3.05. The van der Waals surface area contributed by atoms with Crippen LogP contribution in [-0.2, 0) is 14.3 Å². The first-order chi connectivity index (χ1) is 13.0. The number of rotatable bonds is 2. The molecule has 2 aliphatic heterocycles. The van der Waals surface area contributed by atoms with Gasteiger partial charge >= 0.3 is 12.1 Å². The van der Waals surface area contributed by atoms with E-state index in [4.69, 9.17) is 0 Å². The smallest absolute Gasteiger partial charge is 0.438 e. The monoisotopic (exact) mass is 477 g/mol. The number of methoxy groups -OCH3 is 1. The molecule has 0 aliphatic carbocycles. The molecule has 0 radical (unpaired) electrons. The number of hydrogen-bond acceptors (Lipinski definition) is 7. The Morgan fingerprint density at radius 1 is 1.39 bits per heavy atom. The normalized spacial score (nSPS) is 23.9. The van der Waals surface area contributed by atoms with Gasteiger partial charge in [0.25, 0.3) is 11.6 Å². The lowest BCUT2D eigenvalue weighted by Crippen LogP contribution is -2.56. The van der Waals surface area contributed by atoms with Crippen molar-refractivity contribution in [2.75, 3.05) is 7.11 Å². The van der Waals surface area contributed by atoms with Crippen molar-refractivity contribution in [2.24, 2.45) is 10.1 Å². The molecular weight excluding hydrogens is 467 g/mol. The Morgan fingerprint density at radius 3 is 2.61 bits per heavy atom. The molecule has 1 aromatic rings. The van der Waals surface area contributed by atoms with Crippen LogP contribution >= 0.6 is 27.7 Å². The number of nitrogens with zero attached hydrogens (tertiary/aromatic N) is 3. The third-order valence-corrected chi connectivity index (χ3v) is 5.34. The molecule has 0 aromatic heterocycles. The second-order valence-corrected chi connectivity index (χ2v) is 7.61. The van der Waals surface area contributed by atoms with Gasteiger partial charge in [-0.2, -0.15) is 28.3 Å². The van der Waals surface area contributed by atoms with Crippen LogP contribution in [0.25, 0.3) is 0 Å². The van der Waals surface area contributed by atoms with Gasteiger partial charge in [0, 0.05) is 10.5 Å². The SMILES string of the molecule is COC(=O)/C=C1/SC(N2N=C(c3ccc(Br)cc3)C[C@@]2(O)C(F)(F)F)=NC1=O. The average Bonchev–Trinajstić information content (AvgIpc) is 3.16. The van der Waals surface area contributed by atoms with E-state index >= 15 is 0 Å². The van der Waals surface area contributed by atoms with Crippen LogP contribution in [0, 0.1) is 0 Å². The van der Waals surface area contributed by atoms with E-state index in [0.29, 0.717) is 17.3 Å². The zero-order valence-corrected chi connectivity index (χ0v) is 16.4. The van der Waals surface area contributed by atoms with Gasteiger partial charge in [-0.15, -0.1) is 0 Å². The Hall–Kier alpha value is -2.18. The summed E-state index contributed by atoms with van der Waals surface area (Å²) >= 11 is 3.72. The molecule has 0 saturated carbocycles. The highest BCUT2D eigenvalue weighted by Crippen LogP contribution is 2.44. The minimum absolute atomic E-state index is 0.0338. The number of aliphatic hydroxyl groups is 1. The van der Waals surface area contributed by atoms with Gasteiger partial charge in [-0.1, -0.05) is 28.1 Å². The van der Waals surface area contributed by atoms with E-state index < -0.39 is 35.4 Å². The summed E-state index contributed by atoms with van der Waals surface area (Å²) in [6, 6.07) is 6.33. The lowest BCUT2D eigenvalue weighted by molar-refractivity contribution is -0.294. The maximum atomic E-state index is 13.7. The molecule has 1 N–H and O–H groups in total. The van der Waals surface area contributed by atoms with Gasteiger partial charge in [0.2, 0.25) is 0 Å². The molecule has 0 saturated heterocycles. The van der Waals surface area contributed by atoms with Gasteiger partial charge in [-0.25, -0.2) is 4.79 Å². The Morgan fingerprint density at radius 2 is 2.04 bits per heavy atom. The number of esters is 1. The fourth-order valence-electron chi connectivity index (χ4n) is 2.43. The van der Waals surface area contributed by atoms with Crippen LogP contribution in [0.3, 0.4) is 0 Å². The van der Waals surface area contributed by atoms with Crippen molar-refractivity contribution in [3.05, 3.63) is 45.3 Å². The lowest BCUT2D eigenvalue weighted by Gasteiger charge is -2.33. The summed E-state index contributed by atoms with van der Waals surface area (Å²) in [4.78, 5) is 26.5. The van der Waals surface area contributed by atoms with Crippen LogP contribution < -0.4 is 0 Å². The van der Waals surface area contributed by atoms with Crippen LogP contribution in [0.15, 0.2) is 49.8 Å². The van der Waals surface area contributed by atoms with Crippen molar-refractivity contribution >= 4 is 50.4 Å². The van der Waals surface area contributed by atoms with Crippen molar-refractivity contribution in [1.82, 2.24) is 5.01 Å². The number of hydrazone groups is 1. The first-order valence-corrected chi connectivity index (χ1v) is 9.19. The van der Waals surface area contributed by atoms with E-state index in [2.05, 4.69) is 30.8 Å². The molecule has 2 aliphatic rings. The van der Waals surface area contributed by atoms with Gasteiger partial charge in [0.05, 0.1) is 24.1 Å². The molecule has 0 unspecified atom stereocenters. The summed E-state index contributed by atoms with van der Waals surface area (Å²) in [5, 5.41) is 14.0. The van der Waals surface area contributed by atoms with Gasteiger partial charge in [-0.3, -0.25) is 4.79 Å². The van der Waals surface area contributed by atoms with Crippen molar-refractivity contribution < 1.29 is 32.6 Å². The van der Waals surface area contributed by atoms with E-state index in [1.54, 1.807) is 24.3 Å². The van der Waals surface area contributed by atoms with Crippen LogP contribution in [-0.4, -0.2) is 51.9 Å². The van der Waals surface area contributed by atoms with Gasteiger partial charge in [0.1, 0.15) is 0 Å². The van der Waals surface area contributed by atoms with Gasteiger partial charge < -0.3 is 9.84 Å². The number of ether oxygens (including phenoxy) is 1. The second kappa shape index (κ2) is 7.33. The fourth-order valence-corrected chi connectivity index (χ4v) is 3.58. The molecule has 1 aromatic carbocycles. The quantitative estimate of drug-likeness (QED) is 0.520. The summed E-state index contributed by atoms with van der Waals surface area (Å²) in [5.74, 6) is -1.79. The van der Waals surface area contributed by atoms with Crippen molar-refractivity contribution in [2.45, 2.75) is 18.3 Å². The third kappa shape index (κ3) is 3.71. The molecule has 0 fully saturated rings. The molecule has 7 nitrogen and oxygen atoms in total. The molecule has 0 spiro atoms. The topological polar surface area (TPSA) is 91.6 Å². The molecule has 0 bridgehead atoms. The maximum Gasteiger partial charge on any atom is 0.438 e. The Labute approximate surface area is 169 Å². The van der Waals surface area contributed by atoms with Crippen molar-refractivity contribution in [3.8, 4) is 0 Å². The average molecular weight is 478 g/mol. The molecule has 2 heterocycles. The first-order valence-electron chi connectivity index (χ1n) is 7.58. The zero-order valence-electron chi connectivity index (χ0n) is 14.0. The molecule has 28 heavy (non-hydrogen) atoms. The predicted octanol–water partition coefficient (Wildman–Crippen LogP) is 2.80. The van der Waals surface area contributed by atoms with Crippen LogP contribution in [0.2, 0.25) is 0 Å². The number of alkyl halides is 3. The highest BCUT2D eigenvalue weighted by molar-refractivity contribution is 9.10. The Bertz CT molecular complexity index is 930. The van der Waals surface area contributed by atoms with Crippen molar-refractivity contribution in [3.63, 3.8) is 0 Å². The van der Waals surface area contributed by atoms with Crippen LogP contribution in [0.4, 0.5) is 13.2 Å². The van der Waals surface area contributed by atoms with Gasteiger partial charge in [-0.05, 0) is 29.5 Å². The number of carbonyl (C=O) groups is 2. The largest absolute Gasteiger partial charge is 0.466 e. The number of benzene rings is 1. The van der Waals surface area contributed by atoms with Crippen molar-refractivity contribution in [1.29, 1.82) is 0 Å². The number of hydrogen-bond donors (Lipinski definition) is 1. The fraction of sp³-hybridized carbons (Fsp3) is 0.250. The molecule has 148 valence electrons. The molecule has 1 atom stereocenters. The molecule has 12 heteroatoms. The standard InChI is InChI=1S/C16H11BrF3N3O4S/c1-27-12(24)6-11-13(25)21-14(28-11)23-15(26,16(18,19)20)7-10(22-23)8-2-4-9(17)5-3-8/h2-6,26H,7H2,1H3/b11-6+/t15-/m1/s1. The number of amidine groups is 1. The first kappa shape index (κ1) is 20.6. The van der Waals surface area contributed by atoms with E-state index in [0.717, 1.165) is 17.7 Å². The number of thioether (sulfide) groups is 1. The maximum absolute atomic E-state index is 13.7. The minimum atomic E-state index is -5.09. The minimum Gasteiger partial charge on any atom is -0.466 e. The summed E-state index contributed by atoms with van der Waals surface area (Å²) in [6.45, 7) is 0. The van der Waals surface area contributed by atoms with Gasteiger partial charge in [0.15, 0.2) is 5.17 Å². The number of amides is 1. The highest BCUT2D eigenvalue weighted by Gasteiger charge is 2.63. The summed E-state index contributed by atoms with van der Waals surface area (Å²) in [6.07, 6.45) is -5.14. The number of aliphatic imine (C=N–C) groups is 1. The molecule has 3 rings (SSSR count). The zero-order chi connectivity index (χ0) is 20.7. The second-order valence-electron chi connectivity index (χ2n) is 5.69. The molecular formula is C16H11BrF3N3O4S. The highest BCUT2D eigenvalue weighted by atomic mass is 79.9. The number of halogens is 4. The predicted molar refractivity (Wildman–Crippen MR) is 98.3 cm³/mol. The summed E-state index contributed by atoms with van der Waals surface area (Å²) in [7, 11) is 1.09. The van der Waals surface area contributed by atoms with Crippen LogP contribution in [0.5, 0.6) is 0 Å². The Balaban J connectivity index is 1.99. The van der Waals surface area contributed by atoms with Crippen LogP contribution in [0.1, 0.15) is 12.0 Å². The van der Waals surface area contributed by atoms with E-state index in [1.165, 1.54) is 0 Å². The third-order valence-electron chi connectivity index (χ3n) is 3.86. The van der Waals surface area contributed by atoms with E-state index in [1.807, 2.05) is 0 Å². The lowest BCUT2D eigenvalue weighted by atomic mass is 10.0. The van der Waals surface area contributed by atoms with E-state index in [9.17, 15) is 27.9 Å². The Kier molecular flexibility index (Phi) is 5.38. The number of carbonyl (C=O) groups excluding carboxylic acids is 2.